The van der Waals surface area contributed by atoms with E-state index in [-0.39, 0.29) is 0 Å². The molecule has 96 valence electrons. The number of alkyl halides is 2. The molecule has 0 radical (unpaired) electrons. The highest BCUT2D eigenvalue weighted by Crippen LogP contribution is 2.14. The second-order valence-corrected chi connectivity index (χ2v) is 4.06. The number of benzene rings is 1. The summed E-state index contributed by atoms with van der Waals surface area (Å²) in [6.07, 6.45) is 0.687. The van der Waals surface area contributed by atoms with Crippen LogP contribution in [0.5, 0.6) is 0 Å². The molecule has 1 heterocycles. The summed E-state index contributed by atoms with van der Waals surface area (Å²) < 4.78 is 26.5. The lowest BCUT2D eigenvalue weighted by Crippen LogP contribution is -2.23. The van der Waals surface area contributed by atoms with Crippen LogP contribution in [0.1, 0.15) is 12.5 Å². The fourth-order valence-electron chi connectivity index (χ4n) is 1.59. The van der Waals surface area contributed by atoms with Gasteiger partial charge in [0.2, 0.25) is 0 Å². The van der Waals surface area contributed by atoms with Crippen LogP contribution in [0.3, 0.4) is 0 Å². The molecule has 0 amide bonds. The minimum absolute atomic E-state index is 0.568. The van der Waals surface area contributed by atoms with Gasteiger partial charge in [-0.25, -0.2) is 18.4 Å². The first-order chi connectivity index (χ1) is 8.65. The number of nitrogens with zero attached hydrogens (tertiary/aromatic N) is 3. The van der Waals surface area contributed by atoms with Crippen molar-refractivity contribution < 1.29 is 8.78 Å². The molecule has 0 aliphatic heterocycles. The standard InChI is InChI=1S/C12H14F2N4/c1-9(12(13)14)17-11-4-2-3-10(5-11)6-18-8-15-7-16-18/h2-5,7-9,12,17H,6H2,1H3. The lowest BCUT2D eigenvalue weighted by atomic mass is 10.2. The highest BCUT2D eigenvalue weighted by Gasteiger charge is 2.13. The van der Waals surface area contributed by atoms with Crippen LogP contribution in [0.2, 0.25) is 0 Å². The molecule has 18 heavy (non-hydrogen) atoms. The number of hydrogen-bond donors (Lipinski definition) is 1. The first kappa shape index (κ1) is 12.5. The van der Waals surface area contributed by atoms with Gasteiger partial charge in [0.15, 0.2) is 0 Å². The molecular weight excluding hydrogens is 238 g/mol. The van der Waals surface area contributed by atoms with Gasteiger partial charge in [0.05, 0.1) is 12.6 Å². The van der Waals surface area contributed by atoms with Gasteiger partial charge in [-0.3, -0.25) is 0 Å². The fourth-order valence-corrected chi connectivity index (χ4v) is 1.59. The summed E-state index contributed by atoms with van der Waals surface area (Å²) in [6.45, 7) is 2.02. The normalized spacial score (nSPS) is 12.7. The maximum atomic E-state index is 12.4. The van der Waals surface area contributed by atoms with Crippen LogP contribution in [0.4, 0.5) is 14.5 Å². The van der Waals surface area contributed by atoms with Crippen LogP contribution >= 0.6 is 0 Å². The third-order valence-electron chi connectivity index (χ3n) is 2.51. The fraction of sp³-hybridized carbons (Fsp3) is 0.333. The zero-order valence-corrected chi connectivity index (χ0v) is 9.92. The molecular formula is C12H14F2N4. The van der Waals surface area contributed by atoms with Crippen LogP contribution in [-0.2, 0) is 6.54 Å². The van der Waals surface area contributed by atoms with E-state index >= 15 is 0 Å². The van der Waals surface area contributed by atoms with Crippen LogP contribution in [0.15, 0.2) is 36.9 Å². The van der Waals surface area contributed by atoms with Crippen LogP contribution in [-0.4, -0.2) is 27.2 Å². The predicted molar refractivity (Wildman–Crippen MR) is 64.7 cm³/mol. The Morgan fingerprint density at radius 1 is 1.39 bits per heavy atom. The highest BCUT2D eigenvalue weighted by molar-refractivity contribution is 5.46. The maximum absolute atomic E-state index is 12.4. The summed E-state index contributed by atoms with van der Waals surface area (Å²) in [7, 11) is 0. The van der Waals surface area contributed by atoms with Crippen molar-refractivity contribution in [3.05, 3.63) is 42.5 Å². The van der Waals surface area contributed by atoms with Gasteiger partial charge in [0.25, 0.3) is 6.43 Å². The molecule has 2 aromatic rings. The molecule has 2 rings (SSSR count). The monoisotopic (exact) mass is 252 g/mol. The quantitative estimate of drug-likeness (QED) is 0.888. The van der Waals surface area contributed by atoms with E-state index in [2.05, 4.69) is 15.4 Å². The molecule has 0 aliphatic carbocycles. The zero-order valence-electron chi connectivity index (χ0n) is 9.92. The molecule has 0 saturated heterocycles. The smallest absolute Gasteiger partial charge is 0.258 e. The second kappa shape index (κ2) is 5.57. The summed E-state index contributed by atoms with van der Waals surface area (Å²) in [5, 5.41) is 6.76. The molecule has 0 saturated carbocycles. The number of aromatic nitrogens is 3. The van der Waals surface area contributed by atoms with E-state index < -0.39 is 12.5 Å². The van der Waals surface area contributed by atoms with Crippen molar-refractivity contribution in [2.45, 2.75) is 25.9 Å². The minimum Gasteiger partial charge on any atom is -0.377 e. The van der Waals surface area contributed by atoms with E-state index in [0.29, 0.717) is 12.2 Å². The van der Waals surface area contributed by atoms with Crippen LogP contribution in [0.25, 0.3) is 0 Å². The molecule has 0 aliphatic rings. The van der Waals surface area contributed by atoms with E-state index in [1.807, 2.05) is 18.2 Å². The Morgan fingerprint density at radius 2 is 2.22 bits per heavy atom. The Kier molecular flexibility index (Phi) is 3.86. The van der Waals surface area contributed by atoms with Crippen molar-refractivity contribution in [1.29, 1.82) is 0 Å². The van der Waals surface area contributed by atoms with Crippen molar-refractivity contribution in [3.8, 4) is 0 Å². The summed E-state index contributed by atoms with van der Waals surface area (Å²) in [6, 6.07) is 6.48. The van der Waals surface area contributed by atoms with Crippen molar-refractivity contribution >= 4 is 5.69 Å². The summed E-state index contributed by atoms with van der Waals surface area (Å²) in [5.74, 6) is 0. The van der Waals surface area contributed by atoms with E-state index in [4.69, 9.17) is 0 Å². The molecule has 1 unspecified atom stereocenters. The number of rotatable bonds is 5. The maximum Gasteiger partial charge on any atom is 0.258 e. The van der Waals surface area contributed by atoms with Crippen molar-refractivity contribution in [3.63, 3.8) is 0 Å². The van der Waals surface area contributed by atoms with Crippen LogP contribution in [0, 0.1) is 0 Å². The molecule has 1 atom stereocenters. The van der Waals surface area contributed by atoms with E-state index in [1.54, 1.807) is 17.1 Å². The molecule has 0 fully saturated rings. The van der Waals surface area contributed by atoms with E-state index in [1.165, 1.54) is 13.3 Å². The minimum atomic E-state index is -2.39. The average molecular weight is 252 g/mol. The Morgan fingerprint density at radius 3 is 2.89 bits per heavy atom. The average Bonchev–Trinajstić information content (AvgIpc) is 2.82. The van der Waals surface area contributed by atoms with E-state index in [0.717, 1.165) is 5.56 Å². The molecule has 0 spiro atoms. The van der Waals surface area contributed by atoms with Gasteiger partial charge in [-0.15, -0.1) is 0 Å². The van der Waals surface area contributed by atoms with Gasteiger partial charge in [-0.1, -0.05) is 12.1 Å². The van der Waals surface area contributed by atoms with Gasteiger partial charge in [-0.05, 0) is 24.6 Å². The van der Waals surface area contributed by atoms with Gasteiger partial charge in [0.1, 0.15) is 12.7 Å². The molecule has 1 aromatic carbocycles. The molecule has 0 bridgehead atoms. The molecule has 4 nitrogen and oxygen atoms in total. The summed E-state index contributed by atoms with van der Waals surface area (Å²) in [5.41, 5.74) is 1.66. The van der Waals surface area contributed by atoms with Crippen molar-refractivity contribution in [2.24, 2.45) is 0 Å². The SMILES string of the molecule is CC(Nc1cccc(Cn2cncn2)c1)C(F)F. The topological polar surface area (TPSA) is 42.7 Å². The molecule has 1 aromatic heterocycles. The van der Waals surface area contributed by atoms with Crippen molar-refractivity contribution in [1.82, 2.24) is 14.8 Å². The van der Waals surface area contributed by atoms with Gasteiger partial charge in [0, 0.05) is 5.69 Å². The van der Waals surface area contributed by atoms with E-state index in [9.17, 15) is 8.78 Å². The lowest BCUT2D eigenvalue weighted by Gasteiger charge is -2.14. The highest BCUT2D eigenvalue weighted by atomic mass is 19.3. The second-order valence-electron chi connectivity index (χ2n) is 4.06. The number of halogens is 2. The number of nitrogens with one attached hydrogen (secondary N) is 1. The summed E-state index contributed by atoms with van der Waals surface area (Å²) >= 11 is 0. The Balaban J connectivity index is 2.05. The van der Waals surface area contributed by atoms with Gasteiger partial charge >= 0.3 is 0 Å². The first-order valence-electron chi connectivity index (χ1n) is 5.61. The zero-order chi connectivity index (χ0) is 13.0. The largest absolute Gasteiger partial charge is 0.377 e. The third-order valence-corrected chi connectivity index (χ3v) is 2.51. The number of anilines is 1. The number of hydrogen-bond acceptors (Lipinski definition) is 3. The third kappa shape index (κ3) is 3.26. The Bertz CT molecular complexity index is 485. The summed E-state index contributed by atoms with van der Waals surface area (Å²) in [4.78, 5) is 3.85. The first-order valence-corrected chi connectivity index (χ1v) is 5.61. The molecule has 1 N–H and O–H groups in total. The predicted octanol–water partition coefficient (Wildman–Crippen LogP) is 2.39. The Labute approximate surface area is 104 Å². The van der Waals surface area contributed by atoms with Crippen molar-refractivity contribution in [2.75, 3.05) is 5.32 Å². The van der Waals surface area contributed by atoms with Gasteiger partial charge in [-0.2, -0.15) is 5.10 Å². The Hall–Kier alpha value is -1.98. The van der Waals surface area contributed by atoms with Crippen LogP contribution < -0.4 is 5.32 Å². The molecule has 6 heteroatoms. The lowest BCUT2D eigenvalue weighted by molar-refractivity contribution is 0.130. The van der Waals surface area contributed by atoms with Gasteiger partial charge < -0.3 is 5.32 Å².